The molecule has 0 aromatic carbocycles. The second kappa shape index (κ2) is 4.82. The molecule has 1 saturated heterocycles. The molecule has 1 fully saturated rings. The van der Waals surface area contributed by atoms with Crippen LogP contribution in [0.2, 0.25) is 0 Å². The first-order chi connectivity index (χ1) is 8.67. The minimum Gasteiger partial charge on any atom is -0.300 e. The summed E-state index contributed by atoms with van der Waals surface area (Å²) in [6.45, 7) is 6.05. The van der Waals surface area contributed by atoms with E-state index in [1.807, 2.05) is 20.8 Å². The summed E-state index contributed by atoms with van der Waals surface area (Å²) in [6.07, 6.45) is 0.388. The molecule has 1 aliphatic heterocycles. The maximum atomic E-state index is 11.9. The lowest BCUT2D eigenvalue weighted by molar-refractivity contribution is -0.119. The number of aromatic nitrogens is 2. The van der Waals surface area contributed by atoms with Crippen molar-refractivity contribution >= 4 is 32.2 Å². The lowest BCUT2D eigenvalue weighted by Gasteiger charge is -2.12. The van der Waals surface area contributed by atoms with Crippen LogP contribution in [0.1, 0.15) is 32.2 Å². The zero-order chi connectivity index (χ0) is 14.3. The Kier molecular flexibility index (Phi) is 3.65. The molecule has 1 aromatic rings. The molecule has 6 nitrogen and oxygen atoms in total. The molecule has 0 aliphatic carbocycles. The van der Waals surface area contributed by atoms with Gasteiger partial charge in [0, 0.05) is 5.41 Å². The quantitative estimate of drug-likeness (QED) is 0.887. The molecular weight excluding hydrogens is 286 g/mol. The molecule has 0 radical (unpaired) electrons. The third-order valence-corrected chi connectivity index (χ3v) is 5.93. The van der Waals surface area contributed by atoms with Crippen LogP contribution in [0.3, 0.4) is 0 Å². The number of hydrogen-bond donors (Lipinski definition) is 1. The van der Waals surface area contributed by atoms with Crippen LogP contribution in [0.4, 0.5) is 5.13 Å². The molecular formula is C11H17N3O3S2. The molecule has 1 N–H and O–H groups in total. The average Bonchev–Trinajstić information content (AvgIpc) is 2.83. The predicted molar refractivity (Wildman–Crippen MR) is 74.0 cm³/mol. The van der Waals surface area contributed by atoms with Crippen LogP contribution in [0.5, 0.6) is 0 Å². The van der Waals surface area contributed by atoms with E-state index in [1.54, 1.807) is 0 Å². The van der Waals surface area contributed by atoms with Gasteiger partial charge in [-0.1, -0.05) is 32.1 Å². The molecule has 0 spiro atoms. The summed E-state index contributed by atoms with van der Waals surface area (Å²) in [7, 11) is -3.04. The zero-order valence-corrected chi connectivity index (χ0v) is 12.8. The molecule has 1 unspecified atom stereocenters. The maximum Gasteiger partial charge on any atom is 0.230 e. The molecule has 1 amide bonds. The van der Waals surface area contributed by atoms with Gasteiger partial charge in [0.15, 0.2) is 9.84 Å². The van der Waals surface area contributed by atoms with Crippen molar-refractivity contribution in [3.63, 3.8) is 0 Å². The Labute approximate surface area is 116 Å². The molecule has 1 aromatic heterocycles. The van der Waals surface area contributed by atoms with Crippen molar-refractivity contribution in [1.82, 2.24) is 10.2 Å². The van der Waals surface area contributed by atoms with Gasteiger partial charge in [0.25, 0.3) is 0 Å². The summed E-state index contributed by atoms with van der Waals surface area (Å²) in [5.74, 6) is -0.720. The zero-order valence-electron chi connectivity index (χ0n) is 11.1. The van der Waals surface area contributed by atoms with Crippen LogP contribution in [-0.4, -0.2) is 36.0 Å². The average molecular weight is 303 g/mol. The van der Waals surface area contributed by atoms with Crippen LogP contribution < -0.4 is 5.32 Å². The summed E-state index contributed by atoms with van der Waals surface area (Å²) < 4.78 is 22.7. The number of nitrogens with zero attached hydrogens (tertiary/aromatic N) is 2. The van der Waals surface area contributed by atoms with Gasteiger partial charge in [-0.05, 0) is 6.42 Å². The molecule has 0 bridgehead atoms. The molecule has 2 rings (SSSR count). The van der Waals surface area contributed by atoms with Gasteiger partial charge < -0.3 is 5.32 Å². The first kappa shape index (κ1) is 14.4. The normalized spacial score (nSPS) is 22.4. The second-order valence-electron chi connectivity index (χ2n) is 5.75. The predicted octanol–water partition coefficient (Wildman–Crippen LogP) is 1.21. The molecule has 19 heavy (non-hydrogen) atoms. The van der Waals surface area contributed by atoms with Crippen molar-refractivity contribution in [3.05, 3.63) is 5.01 Å². The van der Waals surface area contributed by atoms with E-state index < -0.39 is 15.8 Å². The van der Waals surface area contributed by atoms with Gasteiger partial charge in [-0.25, -0.2) is 8.42 Å². The minimum absolute atomic E-state index is 0.0657. The highest BCUT2D eigenvalue weighted by atomic mass is 32.2. The molecule has 0 saturated carbocycles. The van der Waals surface area contributed by atoms with Crippen LogP contribution in [0, 0.1) is 5.92 Å². The van der Waals surface area contributed by atoms with E-state index in [9.17, 15) is 13.2 Å². The van der Waals surface area contributed by atoms with Crippen molar-refractivity contribution in [2.75, 3.05) is 16.8 Å². The number of nitrogens with one attached hydrogen (secondary N) is 1. The summed E-state index contributed by atoms with van der Waals surface area (Å²) in [5.41, 5.74) is -0.114. The van der Waals surface area contributed by atoms with E-state index in [1.165, 1.54) is 11.3 Å². The highest BCUT2D eigenvalue weighted by Crippen LogP contribution is 2.28. The first-order valence-electron chi connectivity index (χ1n) is 6.03. The van der Waals surface area contributed by atoms with Crippen molar-refractivity contribution in [1.29, 1.82) is 0 Å². The number of carbonyl (C=O) groups excluding carboxylic acids is 1. The summed E-state index contributed by atoms with van der Waals surface area (Å²) in [5, 5.41) is 11.9. The van der Waals surface area contributed by atoms with Gasteiger partial charge >= 0.3 is 0 Å². The van der Waals surface area contributed by atoms with Crippen LogP contribution in [0.25, 0.3) is 0 Å². The number of amides is 1. The van der Waals surface area contributed by atoms with E-state index in [4.69, 9.17) is 0 Å². The van der Waals surface area contributed by atoms with Gasteiger partial charge in [0.2, 0.25) is 11.0 Å². The molecule has 1 aliphatic rings. The van der Waals surface area contributed by atoms with Crippen LogP contribution in [0.15, 0.2) is 0 Å². The lowest BCUT2D eigenvalue weighted by Crippen LogP contribution is -2.23. The van der Waals surface area contributed by atoms with Crippen molar-refractivity contribution in [2.24, 2.45) is 5.92 Å². The van der Waals surface area contributed by atoms with Crippen molar-refractivity contribution in [3.8, 4) is 0 Å². The highest BCUT2D eigenvalue weighted by Gasteiger charge is 2.33. The van der Waals surface area contributed by atoms with E-state index in [2.05, 4.69) is 15.5 Å². The fraction of sp³-hybridized carbons (Fsp3) is 0.727. The molecule has 1 atom stereocenters. The Balaban J connectivity index is 2.02. The summed E-state index contributed by atoms with van der Waals surface area (Å²) in [4.78, 5) is 11.9. The van der Waals surface area contributed by atoms with E-state index in [0.717, 1.165) is 5.01 Å². The molecule has 2 heterocycles. The third kappa shape index (κ3) is 3.50. The fourth-order valence-corrected chi connectivity index (χ4v) is 4.33. The van der Waals surface area contributed by atoms with E-state index in [-0.39, 0.29) is 22.8 Å². The van der Waals surface area contributed by atoms with Gasteiger partial charge in [-0.3, -0.25) is 4.79 Å². The Morgan fingerprint density at radius 2 is 2.05 bits per heavy atom. The molecule has 106 valence electrons. The Hall–Kier alpha value is -1.02. The summed E-state index contributed by atoms with van der Waals surface area (Å²) in [6, 6.07) is 0. The van der Waals surface area contributed by atoms with Crippen molar-refractivity contribution < 1.29 is 13.2 Å². The van der Waals surface area contributed by atoms with E-state index in [0.29, 0.717) is 11.6 Å². The van der Waals surface area contributed by atoms with E-state index >= 15 is 0 Å². The number of rotatable bonds is 2. The molecule has 8 heteroatoms. The topological polar surface area (TPSA) is 89.0 Å². The standard InChI is InChI=1S/C11H17N3O3S2/c1-11(2,3)9-13-14-10(18-9)12-8(15)7-4-5-19(16,17)6-7/h7H,4-6H2,1-3H3,(H,12,14,15). The number of anilines is 1. The Morgan fingerprint density at radius 1 is 1.37 bits per heavy atom. The largest absolute Gasteiger partial charge is 0.300 e. The Bertz CT molecular complexity index is 587. The smallest absolute Gasteiger partial charge is 0.230 e. The van der Waals surface area contributed by atoms with Gasteiger partial charge in [-0.2, -0.15) is 0 Å². The SMILES string of the molecule is CC(C)(C)c1nnc(NC(=O)C2CCS(=O)(=O)C2)s1. The van der Waals surface area contributed by atoms with Crippen molar-refractivity contribution in [2.45, 2.75) is 32.6 Å². The maximum absolute atomic E-state index is 11.9. The van der Waals surface area contributed by atoms with Gasteiger partial charge in [0.05, 0.1) is 17.4 Å². The first-order valence-corrected chi connectivity index (χ1v) is 8.66. The summed E-state index contributed by atoms with van der Waals surface area (Å²) >= 11 is 1.32. The third-order valence-electron chi connectivity index (χ3n) is 2.90. The van der Waals surface area contributed by atoms with Gasteiger partial charge in [-0.15, -0.1) is 10.2 Å². The van der Waals surface area contributed by atoms with Crippen LogP contribution >= 0.6 is 11.3 Å². The lowest BCUT2D eigenvalue weighted by atomic mass is 9.98. The number of sulfone groups is 1. The highest BCUT2D eigenvalue weighted by molar-refractivity contribution is 7.91. The minimum atomic E-state index is -3.04. The number of hydrogen-bond acceptors (Lipinski definition) is 6. The monoisotopic (exact) mass is 303 g/mol. The number of carbonyl (C=O) groups is 1. The van der Waals surface area contributed by atoms with Gasteiger partial charge in [0.1, 0.15) is 5.01 Å². The fourth-order valence-electron chi connectivity index (χ4n) is 1.79. The Morgan fingerprint density at radius 3 is 2.53 bits per heavy atom. The second-order valence-corrected chi connectivity index (χ2v) is 8.96. The van der Waals surface area contributed by atoms with Crippen LogP contribution in [-0.2, 0) is 20.0 Å².